The van der Waals surface area contributed by atoms with Crippen LogP contribution in [0.1, 0.15) is 31.6 Å². The van der Waals surface area contributed by atoms with Crippen LogP contribution in [-0.4, -0.2) is 36.5 Å². The molecule has 1 heterocycles. The van der Waals surface area contributed by atoms with E-state index in [1.54, 1.807) is 0 Å². The minimum atomic E-state index is 0.627. The van der Waals surface area contributed by atoms with Crippen LogP contribution in [0.2, 0.25) is 0 Å². The van der Waals surface area contributed by atoms with E-state index in [0.717, 1.165) is 25.4 Å². The molecule has 4 heteroatoms. The van der Waals surface area contributed by atoms with Crippen molar-refractivity contribution in [1.82, 2.24) is 10.2 Å². The van der Waals surface area contributed by atoms with E-state index >= 15 is 0 Å². The molecular weight excluding hydrogens is 244 g/mol. The van der Waals surface area contributed by atoms with E-state index in [1.807, 2.05) is 18.0 Å². The second-order valence-electron chi connectivity index (χ2n) is 4.63. The molecule has 1 rings (SSSR count). The third-order valence-electron chi connectivity index (χ3n) is 3.15. The van der Waals surface area contributed by atoms with Gasteiger partial charge in [0.1, 0.15) is 5.76 Å². The lowest BCUT2D eigenvalue weighted by Crippen LogP contribution is -2.32. The zero-order valence-corrected chi connectivity index (χ0v) is 12.8. The van der Waals surface area contributed by atoms with Crippen molar-refractivity contribution in [2.24, 2.45) is 0 Å². The average molecular weight is 270 g/mol. The zero-order valence-electron chi connectivity index (χ0n) is 12.0. The molecule has 0 fully saturated rings. The maximum Gasteiger partial charge on any atom is 0.118 e. The highest BCUT2D eigenvalue weighted by Gasteiger charge is 2.14. The lowest BCUT2D eigenvalue weighted by molar-refractivity contribution is 0.228. The van der Waals surface area contributed by atoms with Gasteiger partial charge in [-0.1, -0.05) is 13.8 Å². The van der Waals surface area contributed by atoms with Crippen molar-refractivity contribution in [2.75, 3.05) is 25.6 Å². The summed E-state index contributed by atoms with van der Waals surface area (Å²) >= 11 is 1.91. The molecule has 0 aliphatic heterocycles. The summed E-state index contributed by atoms with van der Waals surface area (Å²) in [4.78, 5) is 2.38. The summed E-state index contributed by atoms with van der Waals surface area (Å²) in [5.41, 5.74) is 1.23. The van der Waals surface area contributed by atoms with Gasteiger partial charge in [0.05, 0.1) is 12.8 Å². The van der Waals surface area contributed by atoms with E-state index in [-0.39, 0.29) is 0 Å². The van der Waals surface area contributed by atoms with Crippen molar-refractivity contribution in [1.29, 1.82) is 0 Å². The molecule has 0 aliphatic carbocycles. The van der Waals surface area contributed by atoms with Gasteiger partial charge in [0, 0.05) is 23.9 Å². The molecule has 1 unspecified atom stereocenters. The summed E-state index contributed by atoms with van der Waals surface area (Å²) in [6.45, 7) is 7.14. The Morgan fingerprint density at radius 3 is 2.83 bits per heavy atom. The smallest absolute Gasteiger partial charge is 0.118 e. The molecule has 104 valence electrons. The van der Waals surface area contributed by atoms with Crippen molar-refractivity contribution in [3.63, 3.8) is 0 Å². The Kier molecular flexibility index (Phi) is 7.47. The first kappa shape index (κ1) is 15.6. The van der Waals surface area contributed by atoms with Crippen molar-refractivity contribution in [3.05, 3.63) is 23.7 Å². The number of nitrogens with zero attached hydrogens (tertiary/aromatic N) is 1. The molecule has 0 bridgehead atoms. The van der Waals surface area contributed by atoms with Crippen molar-refractivity contribution < 1.29 is 4.42 Å². The van der Waals surface area contributed by atoms with Gasteiger partial charge in [-0.25, -0.2) is 0 Å². The average Bonchev–Trinajstić information content (AvgIpc) is 2.80. The van der Waals surface area contributed by atoms with E-state index in [1.165, 1.54) is 17.7 Å². The van der Waals surface area contributed by atoms with Crippen molar-refractivity contribution in [3.8, 4) is 0 Å². The standard InChI is InChI=1S/C14H26N2OS/c1-5-13(11-18-4)16(3)9-14-7-12(10-17-14)8-15-6-2/h7,10,13,15H,5-6,8-9,11H2,1-4H3. The second-order valence-corrected chi connectivity index (χ2v) is 5.54. The monoisotopic (exact) mass is 270 g/mol. The second kappa shape index (κ2) is 8.62. The third-order valence-corrected chi connectivity index (χ3v) is 3.86. The largest absolute Gasteiger partial charge is 0.468 e. The van der Waals surface area contributed by atoms with Gasteiger partial charge >= 0.3 is 0 Å². The molecule has 1 N–H and O–H groups in total. The first-order chi connectivity index (χ1) is 8.71. The molecule has 1 atom stereocenters. The molecule has 3 nitrogen and oxygen atoms in total. The minimum Gasteiger partial charge on any atom is -0.468 e. The molecule has 0 saturated carbocycles. The highest BCUT2D eigenvalue weighted by Crippen LogP contribution is 2.14. The van der Waals surface area contributed by atoms with Crippen molar-refractivity contribution >= 4 is 11.8 Å². The molecule has 0 amide bonds. The normalized spacial score (nSPS) is 13.2. The van der Waals surface area contributed by atoms with Gasteiger partial charge in [0.25, 0.3) is 0 Å². The van der Waals surface area contributed by atoms with Gasteiger partial charge in [-0.3, -0.25) is 4.90 Å². The predicted octanol–water partition coefficient (Wildman–Crippen LogP) is 2.96. The van der Waals surface area contributed by atoms with Crippen LogP contribution in [0.15, 0.2) is 16.7 Å². The molecule has 0 aromatic carbocycles. The Morgan fingerprint density at radius 2 is 2.22 bits per heavy atom. The maximum absolute atomic E-state index is 5.62. The van der Waals surface area contributed by atoms with Gasteiger partial charge < -0.3 is 9.73 Å². The zero-order chi connectivity index (χ0) is 13.4. The number of nitrogens with one attached hydrogen (secondary N) is 1. The summed E-state index contributed by atoms with van der Waals surface area (Å²) in [7, 11) is 2.18. The molecule has 18 heavy (non-hydrogen) atoms. The lowest BCUT2D eigenvalue weighted by atomic mass is 10.2. The molecule has 0 aliphatic rings. The third kappa shape index (κ3) is 5.04. The fourth-order valence-electron chi connectivity index (χ4n) is 2.00. The van der Waals surface area contributed by atoms with Crippen molar-refractivity contribution in [2.45, 2.75) is 39.4 Å². The number of thioether (sulfide) groups is 1. The minimum absolute atomic E-state index is 0.627. The Bertz CT molecular complexity index is 327. The van der Waals surface area contributed by atoms with Crippen LogP contribution >= 0.6 is 11.8 Å². The summed E-state index contributed by atoms with van der Waals surface area (Å²) < 4.78 is 5.62. The summed E-state index contributed by atoms with van der Waals surface area (Å²) in [5.74, 6) is 2.24. The van der Waals surface area contributed by atoms with Crippen LogP contribution in [0.3, 0.4) is 0 Å². The Morgan fingerprint density at radius 1 is 1.44 bits per heavy atom. The van der Waals surface area contributed by atoms with Crippen LogP contribution in [0, 0.1) is 0 Å². The first-order valence-electron chi connectivity index (χ1n) is 6.67. The Labute approximate surface area is 115 Å². The summed E-state index contributed by atoms with van der Waals surface area (Å²) in [6, 6.07) is 2.78. The van der Waals surface area contributed by atoms with Gasteiger partial charge in [-0.15, -0.1) is 0 Å². The van der Waals surface area contributed by atoms with Crippen LogP contribution in [0.5, 0.6) is 0 Å². The summed E-state index contributed by atoms with van der Waals surface area (Å²) in [6.07, 6.45) is 5.21. The van der Waals surface area contributed by atoms with Crippen LogP contribution < -0.4 is 5.32 Å². The van der Waals surface area contributed by atoms with E-state index in [4.69, 9.17) is 4.42 Å². The van der Waals surface area contributed by atoms with Gasteiger partial charge in [0.2, 0.25) is 0 Å². The van der Waals surface area contributed by atoms with Crippen LogP contribution in [0.4, 0.5) is 0 Å². The van der Waals surface area contributed by atoms with Gasteiger partial charge in [0.15, 0.2) is 0 Å². The molecule has 1 aromatic rings. The molecule has 0 spiro atoms. The van der Waals surface area contributed by atoms with E-state index in [0.29, 0.717) is 6.04 Å². The predicted molar refractivity (Wildman–Crippen MR) is 80.0 cm³/mol. The highest BCUT2D eigenvalue weighted by atomic mass is 32.2. The molecule has 1 aromatic heterocycles. The quantitative estimate of drug-likeness (QED) is 0.747. The molecular formula is C14H26N2OS. The number of hydrogen-bond acceptors (Lipinski definition) is 4. The van der Waals surface area contributed by atoms with Gasteiger partial charge in [-0.2, -0.15) is 11.8 Å². The fraction of sp³-hybridized carbons (Fsp3) is 0.714. The van der Waals surface area contributed by atoms with Crippen LogP contribution in [-0.2, 0) is 13.1 Å². The van der Waals surface area contributed by atoms with E-state index in [9.17, 15) is 0 Å². The van der Waals surface area contributed by atoms with E-state index < -0.39 is 0 Å². The van der Waals surface area contributed by atoms with Gasteiger partial charge in [-0.05, 0) is 32.3 Å². The van der Waals surface area contributed by atoms with E-state index in [2.05, 4.69) is 43.4 Å². The Balaban J connectivity index is 2.47. The first-order valence-corrected chi connectivity index (χ1v) is 8.06. The molecule has 0 radical (unpaired) electrons. The SMILES string of the molecule is CCNCc1coc(CN(C)C(CC)CSC)c1. The van der Waals surface area contributed by atoms with Crippen LogP contribution in [0.25, 0.3) is 0 Å². The maximum atomic E-state index is 5.62. The molecule has 0 saturated heterocycles. The number of rotatable bonds is 9. The fourth-order valence-corrected chi connectivity index (χ4v) is 2.87. The number of furan rings is 1. The Hall–Kier alpha value is -0.450. The lowest BCUT2D eigenvalue weighted by Gasteiger charge is -2.25. The summed E-state index contributed by atoms with van der Waals surface area (Å²) in [5, 5.41) is 3.31. The number of hydrogen-bond donors (Lipinski definition) is 1. The highest BCUT2D eigenvalue weighted by molar-refractivity contribution is 7.98. The topological polar surface area (TPSA) is 28.4 Å².